The summed E-state index contributed by atoms with van der Waals surface area (Å²) < 4.78 is 19.3. The van der Waals surface area contributed by atoms with Gasteiger partial charge in [-0.1, -0.05) is 12.1 Å². The Morgan fingerprint density at radius 3 is 2.83 bits per heavy atom. The molecule has 0 atom stereocenters. The van der Waals surface area contributed by atoms with Gasteiger partial charge in [0.1, 0.15) is 10.7 Å². The van der Waals surface area contributed by atoms with E-state index < -0.39 is 5.97 Å². The van der Waals surface area contributed by atoms with Crippen molar-refractivity contribution in [1.82, 2.24) is 5.32 Å². The number of esters is 1. The molecule has 0 fully saturated rings. The van der Waals surface area contributed by atoms with Crippen molar-refractivity contribution in [1.29, 1.82) is 0 Å². The quantitative estimate of drug-likeness (QED) is 0.681. The SMILES string of the molecule is O=C(COC(=O)c1cc2c(F)cccc2s1)NCCc1cccs1. The van der Waals surface area contributed by atoms with E-state index in [9.17, 15) is 14.0 Å². The van der Waals surface area contributed by atoms with Crippen molar-refractivity contribution >= 4 is 44.6 Å². The third-order valence-electron chi connectivity index (χ3n) is 3.32. The molecule has 2 heterocycles. The van der Waals surface area contributed by atoms with E-state index in [4.69, 9.17) is 4.74 Å². The predicted octanol–water partition coefficient (Wildman–Crippen LogP) is 3.62. The highest BCUT2D eigenvalue weighted by atomic mass is 32.1. The van der Waals surface area contributed by atoms with Crippen LogP contribution in [0.25, 0.3) is 10.1 Å². The molecule has 0 spiro atoms. The molecule has 1 aromatic carbocycles. The van der Waals surface area contributed by atoms with Crippen molar-refractivity contribution in [2.24, 2.45) is 0 Å². The first-order chi connectivity index (χ1) is 11.6. The van der Waals surface area contributed by atoms with Gasteiger partial charge in [-0.2, -0.15) is 0 Å². The zero-order chi connectivity index (χ0) is 16.9. The van der Waals surface area contributed by atoms with Gasteiger partial charge in [0.2, 0.25) is 0 Å². The summed E-state index contributed by atoms with van der Waals surface area (Å²) in [7, 11) is 0. The second-order valence-corrected chi connectivity index (χ2v) is 7.13. The summed E-state index contributed by atoms with van der Waals surface area (Å²) in [6, 6.07) is 10.1. The third-order valence-corrected chi connectivity index (χ3v) is 5.33. The van der Waals surface area contributed by atoms with Crippen molar-refractivity contribution in [3.63, 3.8) is 0 Å². The van der Waals surface area contributed by atoms with Gasteiger partial charge >= 0.3 is 5.97 Å². The van der Waals surface area contributed by atoms with Crippen LogP contribution < -0.4 is 5.32 Å². The van der Waals surface area contributed by atoms with E-state index in [1.165, 1.54) is 17.0 Å². The Labute approximate surface area is 145 Å². The molecule has 1 N–H and O–H groups in total. The summed E-state index contributed by atoms with van der Waals surface area (Å²) in [6.07, 6.45) is 0.743. The minimum Gasteiger partial charge on any atom is -0.451 e. The summed E-state index contributed by atoms with van der Waals surface area (Å²) in [4.78, 5) is 25.1. The first-order valence-corrected chi connectivity index (χ1v) is 8.97. The molecular formula is C17H14FNO3S2. The lowest BCUT2D eigenvalue weighted by atomic mass is 10.2. The Balaban J connectivity index is 1.49. The van der Waals surface area contributed by atoms with Crippen molar-refractivity contribution in [2.45, 2.75) is 6.42 Å². The Morgan fingerprint density at radius 2 is 2.08 bits per heavy atom. The monoisotopic (exact) mass is 363 g/mol. The van der Waals surface area contributed by atoms with Crippen molar-refractivity contribution in [2.75, 3.05) is 13.2 Å². The normalized spacial score (nSPS) is 10.7. The number of fused-ring (bicyclic) bond motifs is 1. The Hall–Kier alpha value is -2.25. The molecule has 24 heavy (non-hydrogen) atoms. The third kappa shape index (κ3) is 3.98. The predicted molar refractivity (Wildman–Crippen MR) is 93.1 cm³/mol. The maximum absolute atomic E-state index is 13.6. The number of thiophene rings is 2. The highest BCUT2D eigenvalue weighted by molar-refractivity contribution is 7.20. The number of hydrogen-bond donors (Lipinski definition) is 1. The number of benzene rings is 1. The van der Waals surface area contributed by atoms with Gasteiger partial charge in [-0.3, -0.25) is 4.79 Å². The van der Waals surface area contributed by atoms with E-state index in [0.29, 0.717) is 16.6 Å². The number of amides is 1. The van der Waals surface area contributed by atoms with Crippen molar-refractivity contribution in [3.8, 4) is 0 Å². The van der Waals surface area contributed by atoms with Crippen molar-refractivity contribution < 1.29 is 18.7 Å². The Bertz CT molecular complexity index is 858. The van der Waals surface area contributed by atoms with Gasteiger partial charge in [0, 0.05) is 21.5 Å². The largest absolute Gasteiger partial charge is 0.451 e. The second kappa shape index (κ2) is 7.55. The van der Waals surface area contributed by atoms with Crippen LogP contribution in [0.1, 0.15) is 14.5 Å². The van der Waals surface area contributed by atoms with Crippen molar-refractivity contribution in [3.05, 3.63) is 57.3 Å². The minimum absolute atomic E-state index is 0.279. The molecule has 0 saturated carbocycles. The summed E-state index contributed by atoms with van der Waals surface area (Å²) in [6.45, 7) is 0.144. The Kier molecular flexibility index (Phi) is 5.22. The van der Waals surface area contributed by atoms with Crippen LogP contribution in [0.4, 0.5) is 4.39 Å². The van der Waals surface area contributed by atoms with Gasteiger partial charge in [-0.15, -0.1) is 22.7 Å². The van der Waals surface area contributed by atoms with Gasteiger partial charge in [0.15, 0.2) is 6.61 Å². The molecule has 2 aromatic heterocycles. The fourth-order valence-corrected chi connectivity index (χ4v) is 3.84. The molecule has 0 aliphatic rings. The molecular weight excluding hydrogens is 349 g/mol. The molecule has 0 unspecified atom stereocenters. The van der Waals surface area contributed by atoms with Crippen LogP contribution >= 0.6 is 22.7 Å². The van der Waals surface area contributed by atoms with E-state index in [2.05, 4.69) is 5.32 Å². The van der Waals surface area contributed by atoms with Gasteiger partial charge in [-0.25, -0.2) is 9.18 Å². The highest BCUT2D eigenvalue weighted by Gasteiger charge is 2.15. The number of hydrogen-bond acceptors (Lipinski definition) is 5. The van der Waals surface area contributed by atoms with Gasteiger partial charge in [0.05, 0.1) is 0 Å². The molecule has 0 aliphatic carbocycles. The van der Waals surface area contributed by atoms with E-state index >= 15 is 0 Å². The fourth-order valence-electron chi connectivity index (χ4n) is 2.16. The zero-order valence-electron chi connectivity index (χ0n) is 12.6. The average Bonchev–Trinajstić information content (AvgIpc) is 3.22. The molecule has 0 aliphatic heterocycles. The van der Waals surface area contributed by atoms with Gasteiger partial charge in [0.25, 0.3) is 5.91 Å². The lowest BCUT2D eigenvalue weighted by molar-refractivity contribution is -0.124. The molecule has 3 rings (SSSR count). The van der Waals surface area contributed by atoms with Crippen LogP contribution in [0.5, 0.6) is 0 Å². The zero-order valence-corrected chi connectivity index (χ0v) is 14.2. The Morgan fingerprint density at radius 1 is 1.21 bits per heavy atom. The minimum atomic E-state index is -0.621. The van der Waals surface area contributed by atoms with Crippen LogP contribution in [0.3, 0.4) is 0 Å². The molecule has 0 radical (unpaired) electrons. The van der Waals surface area contributed by atoms with Gasteiger partial charge < -0.3 is 10.1 Å². The smallest absolute Gasteiger partial charge is 0.348 e. The summed E-state index contributed by atoms with van der Waals surface area (Å²) >= 11 is 2.77. The lowest BCUT2D eigenvalue weighted by Gasteiger charge is -2.05. The molecule has 124 valence electrons. The topological polar surface area (TPSA) is 55.4 Å². The molecule has 7 heteroatoms. The first kappa shape index (κ1) is 16.6. The highest BCUT2D eigenvalue weighted by Crippen LogP contribution is 2.28. The van der Waals surface area contributed by atoms with E-state index in [-0.39, 0.29) is 23.2 Å². The van der Waals surface area contributed by atoms with Crippen LogP contribution in [-0.2, 0) is 16.0 Å². The van der Waals surface area contributed by atoms with Gasteiger partial charge in [-0.05, 0) is 36.1 Å². The number of ether oxygens (including phenoxy) is 1. The van der Waals surface area contributed by atoms with Crippen LogP contribution in [0.15, 0.2) is 41.8 Å². The van der Waals surface area contributed by atoms with E-state index in [1.54, 1.807) is 23.5 Å². The van der Waals surface area contributed by atoms with Crippen LogP contribution in [-0.4, -0.2) is 25.0 Å². The number of halogens is 1. The average molecular weight is 363 g/mol. The fraction of sp³-hybridized carbons (Fsp3) is 0.176. The number of carbonyl (C=O) groups excluding carboxylic acids is 2. The molecule has 0 bridgehead atoms. The molecule has 4 nitrogen and oxygen atoms in total. The first-order valence-electron chi connectivity index (χ1n) is 7.28. The lowest BCUT2D eigenvalue weighted by Crippen LogP contribution is -2.30. The summed E-state index contributed by atoms with van der Waals surface area (Å²) in [5.74, 6) is -1.36. The summed E-state index contributed by atoms with van der Waals surface area (Å²) in [5.41, 5.74) is 0. The second-order valence-electron chi connectivity index (χ2n) is 5.02. The van der Waals surface area contributed by atoms with E-state index in [1.807, 2.05) is 17.5 Å². The standard InChI is InChI=1S/C17H14FNO3S2/c18-13-4-1-5-14-12(13)9-15(24-14)17(21)22-10-16(20)19-7-6-11-3-2-8-23-11/h1-5,8-9H,6-7,10H2,(H,19,20). The number of nitrogens with one attached hydrogen (secondary N) is 1. The summed E-state index contributed by atoms with van der Waals surface area (Å²) in [5, 5.41) is 5.06. The number of rotatable bonds is 6. The van der Waals surface area contributed by atoms with E-state index in [0.717, 1.165) is 17.8 Å². The van der Waals surface area contributed by atoms with Crippen LogP contribution in [0.2, 0.25) is 0 Å². The van der Waals surface area contributed by atoms with Crippen LogP contribution in [0, 0.1) is 5.82 Å². The number of carbonyl (C=O) groups is 2. The molecule has 3 aromatic rings. The molecule has 1 amide bonds. The molecule has 0 saturated heterocycles. The maximum Gasteiger partial charge on any atom is 0.348 e. The maximum atomic E-state index is 13.6.